The standard InChI is InChI=1S/C6H5F8NO3/c1-2(5(11,12)15(16)17)18-6(13,14)3(7)4(8,9)10/h2-3H,1H3. The number of hydrogen-bond donors (Lipinski definition) is 0. The summed E-state index contributed by atoms with van der Waals surface area (Å²) in [6.45, 7) is 0.0137. The van der Waals surface area contributed by atoms with Gasteiger partial charge in [-0.25, -0.2) is 4.39 Å². The lowest BCUT2D eigenvalue weighted by Crippen LogP contribution is -2.50. The van der Waals surface area contributed by atoms with Crippen LogP contribution < -0.4 is 0 Å². The SMILES string of the molecule is CC(OC(F)(F)C(F)C(F)(F)F)C(F)(F)[N+](=O)[O-]. The lowest BCUT2D eigenvalue weighted by Gasteiger charge is -2.26. The number of nitrogens with zero attached hydrogens (tertiary/aromatic N) is 1. The highest BCUT2D eigenvalue weighted by atomic mass is 19.4. The van der Waals surface area contributed by atoms with E-state index in [2.05, 4.69) is 4.74 Å². The van der Waals surface area contributed by atoms with Crippen LogP contribution in [0.3, 0.4) is 0 Å². The molecule has 2 unspecified atom stereocenters. The third-order valence-electron chi connectivity index (χ3n) is 1.65. The van der Waals surface area contributed by atoms with Gasteiger partial charge in [0.2, 0.25) is 0 Å². The molecule has 108 valence electrons. The Morgan fingerprint density at radius 1 is 1.11 bits per heavy atom. The molecule has 18 heavy (non-hydrogen) atoms. The summed E-state index contributed by atoms with van der Waals surface area (Å²) in [6, 6.07) is -5.09. The molecule has 0 aliphatic rings. The lowest BCUT2D eigenvalue weighted by atomic mass is 10.3. The first kappa shape index (κ1) is 16.8. The van der Waals surface area contributed by atoms with E-state index in [1.54, 1.807) is 0 Å². The van der Waals surface area contributed by atoms with Crippen molar-refractivity contribution < 1.29 is 44.8 Å². The van der Waals surface area contributed by atoms with E-state index in [4.69, 9.17) is 0 Å². The molecule has 0 bridgehead atoms. The van der Waals surface area contributed by atoms with Crippen LogP contribution in [-0.4, -0.2) is 35.5 Å². The molecule has 0 saturated carbocycles. The zero-order chi connectivity index (χ0) is 14.9. The maximum atomic E-state index is 12.5. The van der Waals surface area contributed by atoms with Crippen LogP contribution in [0.4, 0.5) is 35.1 Å². The van der Waals surface area contributed by atoms with Crippen molar-refractivity contribution >= 4 is 0 Å². The fourth-order valence-electron chi connectivity index (χ4n) is 0.705. The van der Waals surface area contributed by atoms with Crippen LogP contribution in [-0.2, 0) is 4.74 Å². The first-order chi connectivity index (χ1) is 7.73. The predicted molar refractivity (Wildman–Crippen MR) is 38.4 cm³/mol. The van der Waals surface area contributed by atoms with Gasteiger partial charge in [0.15, 0.2) is 6.10 Å². The summed E-state index contributed by atoms with van der Waals surface area (Å²) in [5.41, 5.74) is 0. The van der Waals surface area contributed by atoms with Crippen LogP contribution in [0.15, 0.2) is 0 Å². The summed E-state index contributed by atoms with van der Waals surface area (Å²) in [5.74, 6) is 0. The summed E-state index contributed by atoms with van der Waals surface area (Å²) in [5, 5.41) is 9.73. The highest BCUT2D eigenvalue weighted by Gasteiger charge is 2.62. The number of alkyl halides is 8. The lowest BCUT2D eigenvalue weighted by molar-refractivity contribution is -0.661. The van der Waals surface area contributed by atoms with Gasteiger partial charge in [0.25, 0.3) is 6.17 Å². The van der Waals surface area contributed by atoms with Crippen LogP contribution in [0.25, 0.3) is 0 Å². The van der Waals surface area contributed by atoms with Crippen molar-refractivity contribution in [2.75, 3.05) is 0 Å². The molecule has 0 aromatic carbocycles. The van der Waals surface area contributed by atoms with Crippen LogP contribution in [0, 0.1) is 10.1 Å². The normalized spacial score (nSPS) is 17.4. The van der Waals surface area contributed by atoms with E-state index in [-0.39, 0.29) is 6.92 Å². The maximum absolute atomic E-state index is 12.5. The molecule has 0 N–H and O–H groups in total. The minimum atomic E-state index is -6.06. The van der Waals surface area contributed by atoms with Crippen molar-refractivity contribution in [3.8, 4) is 0 Å². The third kappa shape index (κ3) is 3.65. The summed E-state index contributed by atoms with van der Waals surface area (Å²) in [7, 11) is 0. The van der Waals surface area contributed by atoms with Gasteiger partial charge in [-0.05, 0) is 6.92 Å². The first-order valence-electron chi connectivity index (χ1n) is 4.01. The molecule has 0 aliphatic heterocycles. The molecule has 0 amide bonds. The van der Waals surface area contributed by atoms with Crippen molar-refractivity contribution in [1.29, 1.82) is 0 Å². The van der Waals surface area contributed by atoms with Gasteiger partial charge in [-0.15, -0.1) is 8.78 Å². The van der Waals surface area contributed by atoms with Gasteiger partial charge in [0, 0.05) is 0 Å². The molecule has 12 heteroatoms. The zero-order valence-electron chi connectivity index (χ0n) is 8.35. The van der Waals surface area contributed by atoms with Gasteiger partial charge in [-0.2, -0.15) is 22.0 Å². The molecule has 0 aromatic heterocycles. The van der Waals surface area contributed by atoms with E-state index in [1.165, 1.54) is 0 Å². The van der Waals surface area contributed by atoms with Crippen LogP contribution in [0.5, 0.6) is 0 Å². The van der Waals surface area contributed by atoms with E-state index in [0.717, 1.165) is 0 Å². The summed E-state index contributed by atoms with van der Waals surface area (Å²) in [6.07, 6.45) is -19.9. The average molecular weight is 291 g/mol. The van der Waals surface area contributed by atoms with Crippen molar-refractivity contribution in [3.05, 3.63) is 10.1 Å². The zero-order valence-corrected chi connectivity index (χ0v) is 8.35. The van der Waals surface area contributed by atoms with Crippen molar-refractivity contribution in [1.82, 2.24) is 0 Å². The van der Waals surface area contributed by atoms with Gasteiger partial charge in [0.05, 0.1) is 4.92 Å². The molecule has 0 fully saturated rings. The second-order valence-electron chi connectivity index (χ2n) is 3.07. The van der Waals surface area contributed by atoms with Gasteiger partial charge in [-0.1, -0.05) is 0 Å². The molecule has 0 heterocycles. The number of rotatable bonds is 5. The molecule has 0 saturated heterocycles. The van der Waals surface area contributed by atoms with E-state index in [0.29, 0.717) is 0 Å². The number of hydrogen-bond acceptors (Lipinski definition) is 3. The molecule has 0 rings (SSSR count). The fraction of sp³-hybridized carbons (Fsp3) is 1.00. The van der Waals surface area contributed by atoms with Crippen LogP contribution in [0.2, 0.25) is 0 Å². The molecule has 0 spiro atoms. The van der Waals surface area contributed by atoms with Crippen molar-refractivity contribution in [2.45, 2.75) is 37.5 Å². The molecule has 2 atom stereocenters. The monoisotopic (exact) mass is 291 g/mol. The molecular weight excluding hydrogens is 286 g/mol. The summed E-state index contributed by atoms with van der Waals surface area (Å²) < 4.78 is 99.7. The van der Waals surface area contributed by atoms with Gasteiger partial charge < -0.3 is 4.74 Å². The summed E-state index contributed by atoms with van der Waals surface area (Å²) in [4.78, 5) is 7.39. The Bertz CT molecular complexity index is 316. The topological polar surface area (TPSA) is 52.4 Å². The van der Waals surface area contributed by atoms with Crippen molar-refractivity contribution in [3.63, 3.8) is 0 Å². The molecule has 4 nitrogen and oxygen atoms in total. The Hall–Kier alpha value is -1.20. The first-order valence-corrected chi connectivity index (χ1v) is 4.01. The Labute approximate surface area is 93.7 Å². The quantitative estimate of drug-likeness (QED) is 0.339. The Kier molecular flexibility index (Phi) is 4.50. The fourth-order valence-corrected chi connectivity index (χ4v) is 0.705. The van der Waals surface area contributed by atoms with E-state index >= 15 is 0 Å². The van der Waals surface area contributed by atoms with E-state index in [1.807, 2.05) is 0 Å². The highest BCUT2D eigenvalue weighted by molar-refractivity contribution is 4.77. The Balaban J connectivity index is 4.94. The van der Waals surface area contributed by atoms with Crippen LogP contribution >= 0.6 is 0 Å². The molecule has 0 aromatic rings. The number of halogens is 8. The molecule has 0 aliphatic carbocycles. The Morgan fingerprint density at radius 2 is 1.50 bits per heavy atom. The number of nitro groups is 1. The van der Waals surface area contributed by atoms with Crippen molar-refractivity contribution in [2.24, 2.45) is 0 Å². The molecule has 0 radical (unpaired) electrons. The minimum absolute atomic E-state index is 0.0137. The van der Waals surface area contributed by atoms with Gasteiger partial charge >= 0.3 is 18.3 Å². The predicted octanol–water partition coefficient (Wildman–Crippen LogP) is 2.75. The molecular formula is C6H5F8NO3. The largest absolute Gasteiger partial charge is 0.537 e. The average Bonchev–Trinajstić information content (AvgIpc) is 2.13. The van der Waals surface area contributed by atoms with E-state index < -0.39 is 35.5 Å². The second-order valence-corrected chi connectivity index (χ2v) is 3.07. The second kappa shape index (κ2) is 4.82. The third-order valence-corrected chi connectivity index (χ3v) is 1.65. The van der Waals surface area contributed by atoms with Crippen LogP contribution in [0.1, 0.15) is 6.92 Å². The highest BCUT2D eigenvalue weighted by Crippen LogP contribution is 2.38. The van der Waals surface area contributed by atoms with E-state index in [9.17, 15) is 45.2 Å². The Morgan fingerprint density at radius 3 is 1.78 bits per heavy atom. The minimum Gasteiger partial charge on any atom is -0.300 e. The van der Waals surface area contributed by atoms with Gasteiger partial charge in [-0.3, -0.25) is 10.1 Å². The summed E-state index contributed by atoms with van der Waals surface area (Å²) >= 11 is 0. The smallest absolute Gasteiger partial charge is 0.300 e. The maximum Gasteiger partial charge on any atom is 0.537 e. The van der Waals surface area contributed by atoms with Gasteiger partial charge in [0.1, 0.15) is 0 Å². The number of ether oxygens (including phenoxy) is 1.